The fraction of sp³-hybridized carbons (Fsp3) is 0.143. The molecule has 4 rings (SSSR count). The van der Waals surface area contributed by atoms with Crippen LogP contribution in [0.25, 0.3) is 11.3 Å². The number of hydrogen-bond acceptors (Lipinski definition) is 5. The van der Waals surface area contributed by atoms with Crippen LogP contribution in [-0.2, 0) is 6.42 Å². The molecule has 0 atom stereocenters. The molecule has 3 aromatic carbocycles. The van der Waals surface area contributed by atoms with Gasteiger partial charge in [-0.3, -0.25) is 9.59 Å². The Labute approximate surface area is 204 Å². The van der Waals surface area contributed by atoms with Crippen molar-refractivity contribution in [2.75, 3.05) is 18.9 Å². The minimum absolute atomic E-state index is 0.0319. The van der Waals surface area contributed by atoms with Crippen molar-refractivity contribution < 1.29 is 9.59 Å². The highest BCUT2D eigenvalue weighted by molar-refractivity contribution is 5.96. The summed E-state index contributed by atoms with van der Waals surface area (Å²) in [7, 11) is 1.81. The molecular weight excluding hydrogens is 438 g/mol. The molecule has 0 saturated carbocycles. The lowest BCUT2D eigenvalue weighted by atomic mass is 9.99. The predicted molar refractivity (Wildman–Crippen MR) is 138 cm³/mol. The molecule has 2 amide bonds. The first-order valence-electron chi connectivity index (χ1n) is 11.3. The molecule has 1 aromatic heterocycles. The third-order valence-electron chi connectivity index (χ3n) is 5.84. The second kappa shape index (κ2) is 10.6. The van der Waals surface area contributed by atoms with Gasteiger partial charge in [-0.2, -0.15) is 0 Å². The van der Waals surface area contributed by atoms with Gasteiger partial charge in [0.1, 0.15) is 0 Å². The Bertz CT molecular complexity index is 1340. The van der Waals surface area contributed by atoms with Crippen LogP contribution in [0.2, 0.25) is 0 Å². The van der Waals surface area contributed by atoms with Gasteiger partial charge < -0.3 is 16.0 Å². The van der Waals surface area contributed by atoms with Gasteiger partial charge >= 0.3 is 0 Å². The summed E-state index contributed by atoms with van der Waals surface area (Å²) in [5.74, 6) is -0.0990. The number of hydrogen-bond donors (Lipinski definition) is 2. The van der Waals surface area contributed by atoms with Gasteiger partial charge in [0.2, 0.25) is 11.9 Å². The lowest BCUT2D eigenvalue weighted by Crippen LogP contribution is -2.28. The summed E-state index contributed by atoms with van der Waals surface area (Å²) in [6.45, 7) is 2.48. The summed E-state index contributed by atoms with van der Waals surface area (Å²) < 4.78 is 0. The van der Waals surface area contributed by atoms with Crippen molar-refractivity contribution in [2.45, 2.75) is 13.3 Å². The number of aromatic nitrogens is 2. The molecule has 7 nitrogen and oxygen atoms in total. The van der Waals surface area contributed by atoms with Gasteiger partial charge in [-0.25, -0.2) is 9.97 Å². The molecule has 7 heteroatoms. The number of likely N-dealkylation sites (N-methyl/N-ethyl adjacent to an activating group) is 1. The van der Waals surface area contributed by atoms with Crippen molar-refractivity contribution in [3.8, 4) is 11.3 Å². The SMILES string of the molecule is Cc1c(C(N)=O)cccc1-c1ccnc(Nc2ccc(C(=O)N(C)CCc3ccccc3)cc2)n1. The molecule has 1 heterocycles. The van der Waals surface area contributed by atoms with Crippen LogP contribution in [0.3, 0.4) is 0 Å². The molecule has 0 unspecified atom stereocenters. The van der Waals surface area contributed by atoms with E-state index in [2.05, 4.69) is 27.4 Å². The second-order valence-electron chi connectivity index (χ2n) is 8.27. The molecular formula is C28H27N5O2. The quantitative estimate of drug-likeness (QED) is 0.396. The van der Waals surface area contributed by atoms with E-state index >= 15 is 0 Å². The molecule has 0 saturated heterocycles. The summed E-state index contributed by atoms with van der Waals surface area (Å²) in [6.07, 6.45) is 2.46. The summed E-state index contributed by atoms with van der Waals surface area (Å²) in [6, 6.07) is 24.5. The number of benzene rings is 3. The van der Waals surface area contributed by atoms with Crippen molar-refractivity contribution in [1.29, 1.82) is 0 Å². The monoisotopic (exact) mass is 465 g/mol. The van der Waals surface area contributed by atoms with Gasteiger partial charge in [0.15, 0.2) is 0 Å². The highest BCUT2D eigenvalue weighted by Gasteiger charge is 2.13. The van der Waals surface area contributed by atoms with E-state index in [1.807, 2.05) is 50.4 Å². The maximum absolute atomic E-state index is 12.8. The highest BCUT2D eigenvalue weighted by Crippen LogP contribution is 2.25. The Balaban J connectivity index is 1.43. The van der Waals surface area contributed by atoms with E-state index in [0.29, 0.717) is 29.3 Å². The molecule has 0 aliphatic carbocycles. The first-order valence-corrected chi connectivity index (χ1v) is 11.3. The molecule has 3 N–H and O–H groups in total. The van der Waals surface area contributed by atoms with Crippen molar-refractivity contribution in [3.63, 3.8) is 0 Å². The number of anilines is 2. The standard InChI is InChI=1S/C28H27N5O2/c1-19-23(9-6-10-24(19)26(29)34)25-15-17-30-28(32-25)31-22-13-11-21(12-14-22)27(35)33(2)18-16-20-7-4-3-5-8-20/h3-15,17H,16,18H2,1-2H3,(H2,29,34)(H,30,31,32). The van der Waals surface area contributed by atoms with Gasteiger partial charge in [-0.1, -0.05) is 42.5 Å². The number of nitrogens with two attached hydrogens (primary N) is 1. The Morgan fingerprint density at radius 2 is 1.69 bits per heavy atom. The van der Waals surface area contributed by atoms with Crippen molar-refractivity contribution in [1.82, 2.24) is 14.9 Å². The largest absolute Gasteiger partial charge is 0.366 e. The zero-order valence-electron chi connectivity index (χ0n) is 19.7. The maximum Gasteiger partial charge on any atom is 0.253 e. The molecule has 0 aliphatic heterocycles. The Hall–Kier alpha value is -4.52. The number of carbonyl (C=O) groups is 2. The number of nitrogens with one attached hydrogen (secondary N) is 1. The Morgan fingerprint density at radius 1 is 0.943 bits per heavy atom. The summed E-state index contributed by atoms with van der Waals surface area (Å²) in [5.41, 5.74) is 10.8. The van der Waals surface area contributed by atoms with Crippen LogP contribution in [-0.4, -0.2) is 40.3 Å². The Morgan fingerprint density at radius 3 is 2.40 bits per heavy atom. The third kappa shape index (κ3) is 5.70. The molecule has 0 radical (unpaired) electrons. The lowest BCUT2D eigenvalue weighted by Gasteiger charge is -2.17. The fourth-order valence-electron chi connectivity index (χ4n) is 3.84. The maximum atomic E-state index is 12.8. The van der Waals surface area contributed by atoms with Gasteiger partial charge in [0.05, 0.1) is 5.69 Å². The van der Waals surface area contributed by atoms with Crippen molar-refractivity contribution in [2.24, 2.45) is 5.73 Å². The van der Waals surface area contributed by atoms with Crippen molar-refractivity contribution >= 4 is 23.5 Å². The summed E-state index contributed by atoms with van der Waals surface area (Å²) in [5, 5.41) is 3.17. The molecule has 0 aliphatic rings. The number of amides is 2. The second-order valence-corrected chi connectivity index (χ2v) is 8.27. The average Bonchev–Trinajstić information content (AvgIpc) is 2.88. The van der Waals surface area contributed by atoms with E-state index in [9.17, 15) is 9.59 Å². The van der Waals surface area contributed by atoms with Crippen LogP contribution in [0.1, 0.15) is 31.8 Å². The van der Waals surface area contributed by atoms with E-state index in [0.717, 1.165) is 23.2 Å². The van der Waals surface area contributed by atoms with Crippen LogP contribution < -0.4 is 11.1 Å². The van der Waals surface area contributed by atoms with Gasteiger partial charge in [0, 0.05) is 42.2 Å². The summed E-state index contributed by atoms with van der Waals surface area (Å²) >= 11 is 0. The minimum Gasteiger partial charge on any atom is -0.366 e. The number of primary amides is 1. The first kappa shape index (κ1) is 23.6. The van der Waals surface area contributed by atoms with Gasteiger partial charge in [-0.15, -0.1) is 0 Å². The predicted octanol–water partition coefficient (Wildman–Crippen LogP) is 4.61. The first-order chi connectivity index (χ1) is 16.9. The van der Waals surface area contributed by atoms with E-state index in [1.165, 1.54) is 5.56 Å². The van der Waals surface area contributed by atoms with Crippen LogP contribution in [0.5, 0.6) is 0 Å². The van der Waals surface area contributed by atoms with Gasteiger partial charge in [-0.05, 0) is 60.9 Å². The zero-order valence-corrected chi connectivity index (χ0v) is 19.7. The Kier molecular flexibility index (Phi) is 7.16. The molecule has 0 spiro atoms. The third-order valence-corrected chi connectivity index (χ3v) is 5.84. The number of rotatable bonds is 8. The number of nitrogens with zero attached hydrogens (tertiary/aromatic N) is 3. The highest BCUT2D eigenvalue weighted by atomic mass is 16.2. The van der Waals surface area contributed by atoms with Crippen LogP contribution >= 0.6 is 0 Å². The summed E-state index contributed by atoms with van der Waals surface area (Å²) in [4.78, 5) is 35.1. The van der Waals surface area contributed by atoms with Crippen molar-refractivity contribution in [3.05, 3.63) is 107 Å². The molecule has 176 valence electrons. The van der Waals surface area contributed by atoms with Gasteiger partial charge in [0.25, 0.3) is 5.91 Å². The number of carbonyl (C=O) groups excluding carboxylic acids is 2. The molecule has 4 aromatic rings. The van der Waals surface area contributed by atoms with Crippen LogP contribution in [0.4, 0.5) is 11.6 Å². The molecule has 0 bridgehead atoms. The van der Waals surface area contributed by atoms with E-state index in [1.54, 1.807) is 41.4 Å². The molecule has 0 fully saturated rings. The van der Waals surface area contributed by atoms with Crippen LogP contribution in [0, 0.1) is 6.92 Å². The average molecular weight is 466 g/mol. The van der Waals surface area contributed by atoms with E-state index in [4.69, 9.17) is 5.73 Å². The van der Waals surface area contributed by atoms with E-state index < -0.39 is 5.91 Å². The van der Waals surface area contributed by atoms with Crippen LogP contribution in [0.15, 0.2) is 85.1 Å². The normalized spacial score (nSPS) is 10.6. The molecule has 35 heavy (non-hydrogen) atoms. The lowest BCUT2D eigenvalue weighted by molar-refractivity contribution is 0.0796. The zero-order chi connectivity index (χ0) is 24.8. The minimum atomic E-state index is -0.475. The fourth-order valence-corrected chi connectivity index (χ4v) is 3.84. The topological polar surface area (TPSA) is 101 Å². The van der Waals surface area contributed by atoms with E-state index in [-0.39, 0.29) is 5.91 Å². The smallest absolute Gasteiger partial charge is 0.253 e.